The van der Waals surface area contributed by atoms with E-state index in [-0.39, 0.29) is 25.5 Å². The van der Waals surface area contributed by atoms with Crippen LogP contribution < -0.4 is 15.1 Å². The van der Waals surface area contributed by atoms with E-state index >= 15 is 0 Å². The van der Waals surface area contributed by atoms with Gasteiger partial charge in [0, 0.05) is 90.0 Å². The van der Waals surface area contributed by atoms with Crippen molar-refractivity contribution in [2.24, 2.45) is 0 Å². The van der Waals surface area contributed by atoms with Crippen molar-refractivity contribution in [3.8, 4) is 0 Å². The minimum atomic E-state index is -3.18. The van der Waals surface area contributed by atoms with Crippen LogP contribution in [-0.4, -0.2) is 174 Å². The summed E-state index contributed by atoms with van der Waals surface area (Å²) >= 11 is 9.32. The summed E-state index contributed by atoms with van der Waals surface area (Å²) in [4.78, 5) is 50.4. The molecular weight excluding hydrogens is 1040 g/mol. The van der Waals surface area contributed by atoms with Gasteiger partial charge in [-0.25, -0.2) is 26.8 Å². The lowest BCUT2D eigenvalue weighted by Gasteiger charge is -2.33. The monoisotopic (exact) mass is 1080 g/mol. The van der Waals surface area contributed by atoms with Crippen LogP contribution >= 0.6 is 54.5 Å². The topological polar surface area (TPSA) is 244 Å². The molecule has 0 spiro atoms. The average molecular weight is 1080 g/mol. The largest absolute Gasteiger partial charge is 0.378 e. The third kappa shape index (κ3) is 11.5. The Balaban J connectivity index is 0.000000178. The first kappa shape index (κ1) is 49.3. The SMILES string of the molecule is CS(=O)(=O)N1CCNCC1.Cc1c(C=O)sc2c(N3CCOCC3)nc(Br)c([N+](=O)[O-])c12.Cc1c(CN2CCN(S(C)(=O)=O)CC2)sc2c(N3CCOCC3)nc(Br)c([N+](=O)[O-])c12. The Morgan fingerprint density at radius 3 is 1.54 bits per heavy atom. The Bertz CT molecular complexity index is 2570. The smallest absolute Gasteiger partial charge is 0.311 e. The number of anilines is 2. The first-order valence-corrected chi connectivity index (χ1v) is 26.7. The number of carbonyl (C=O) groups is 1. The van der Waals surface area contributed by atoms with Crippen LogP contribution in [0.4, 0.5) is 23.0 Å². The van der Waals surface area contributed by atoms with Gasteiger partial charge in [-0.3, -0.25) is 29.9 Å². The molecular formula is C36H48Br2N10O11S4. The number of pyridine rings is 2. The Labute approximate surface area is 389 Å². The zero-order chi connectivity index (χ0) is 45.8. The van der Waals surface area contributed by atoms with E-state index in [2.05, 4.69) is 56.9 Å². The number of rotatable bonds is 9. The third-order valence-corrected chi connectivity index (χ3v) is 17.1. The summed E-state index contributed by atoms with van der Waals surface area (Å²) < 4.78 is 61.0. The summed E-state index contributed by atoms with van der Waals surface area (Å²) in [5.41, 5.74) is 1.41. The van der Waals surface area contributed by atoms with Crippen molar-refractivity contribution >= 4 is 124 Å². The number of ether oxygens (including phenoxy) is 2. The lowest BCUT2D eigenvalue weighted by molar-refractivity contribution is -0.384. The van der Waals surface area contributed by atoms with E-state index in [0.29, 0.717) is 130 Å². The Morgan fingerprint density at radius 1 is 0.698 bits per heavy atom. The second kappa shape index (κ2) is 21.0. The number of halogens is 2. The van der Waals surface area contributed by atoms with E-state index in [1.54, 1.807) is 18.3 Å². The molecule has 4 fully saturated rings. The number of morpholine rings is 2. The van der Waals surface area contributed by atoms with Crippen molar-refractivity contribution in [3.05, 3.63) is 50.3 Å². The number of aldehydes is 1. The lowest BCUT2D eigenvalue weighted by atomic mass is 10.1. The van der Waals surface area contributed by atoms with E-state index in [0.717, 1.165) is 40.3 Å². The molecule has 346 valence electrons. The molecule has 0 saturated carbocycles. The molecule has 1 N–H and O–H groups in total. The minimum Gasteiger partial charge on any atom is -0.378 e. The van der Waals surface area contributed by atoms with E-state index in [4.69, 9.17) is 9.47 Å². The number of nitro groups is 2. The fourth-order valence-electron chi connectivity index (χ4n) is 7.55. The summed E-state index contributed by atoms with van der Waals surface area (Å²) in [6.07, 6.45) is 3.22. The number of aromatic nitrogens is 2. The van der Waals surface area contributed by atoms with Gasteiger partial charge < -0.3 is 24.6 Å². The average Bonchev–Trinajstić information content (AvgIpc) is 3.75. The standard InChI is InChI=1S/C18H24BrN5O5S2.C13H12BrN3O4S.C5H12N2O2S/c1-12-13(11-21-3-5-23(6-4-21)31(2,27)28)30-16-14(12)15(24(25)26)17(19)20-18(16)22-7-9-29-10-8-22;1-7-8(6-18)22-11-9(7)10(17(19)20)12(14)15-13(11)16-2-4-21-5-3-16;1-10(8,9)7-4-2-6-3-5-7/h3-11H2,1-2H3;6H,2-5H2,1H3;6H,2-5H2,1H3. The predicted molar refractivity (Wildman–Crippen MR) is 250 cm³/mol. The normalized spacial score (nSPS) is 18.4. The first-order valence-electron chi connectivity index (χ1n) is 19.8. The summed E-state index contributed by atoms with van der Waals surface area (Å²) in [6.45, 7) is 14.3. The number of thiophene rings is 2. The molecule has 0 aliphatic carbocycles. The van der Waals surface area contributed by atoms with Crippen molar-refractivity contribution in [1.29, 1.82) is 0 Å². The number of fused-ring (bicyclic) bond motifs is 2. The van der Waals surface area contributed by atoms with Gasteiger partial charge in [0.15, 0.2) is 15.5 Å². The van der Waals surface area contributed by atoms with Crippen LogP contribution in [0.2, 0.25) is 0 Å². The number of hydrogen-bond acceptors (Lipinski definition) is 19. The van der Waals surface area contributed by atoms with Gasteiger partial charge in [-0.05, 0) is 56.8 Å². The summed E-state index contributed by atoms with van der Waals surface area (Å²) in [7, 11) is -6.12. The lowest BCUT2D eigenvalue weighted by Crippen LogP contribution is -2.47. The van der Waals surface area contributed by atoms with E-state index in [9.17, 15) is 41.9 Å². The zero-order valence-electron chi connectivity index (χ0n) is 35.0. The highest BCUT2D eigenvalue weighted by Gasteiger charge is 2.32. The molecule has 4 aromatic rings. The van der Waals surface area contributed by atoms with Crippen molar-refractivity contribution in [2.45, 2.75) is 20.4 Å². The maximum absolute atomic E-state index is 11.8. The molecule has 0 amide bonds. The quantitative estimate of drug-likeness (QED) is 0.108. The minimum absolute atomic E-state index is 0.00564. The molecule has 8 heterocycles. The van der Waals surface area contributed by atoms with Crippen LogP contribution in [0.3, 0.4) is 0 Å². The molecule has 0 radical (unpaired) electrons. The second-order valence-electron chi connectivity index (χ2n) is 15.0. The van der Waals surface area contributed by atoms with Crippen molar-refractivity contribution < 1.29 is 41.0 Å². The van der Waals surface area contributed by atoms with E-state index in [1.807, 2.05) is 11.8 Å². The highest BCUT2D eigenvalue weighted by molar-refractivity contribution is 9.10. The molecule has 0 bridgehead atoms. The van der Waals surface area contributed by atoms with Crippen LogP contribution in [-0.2, 0) is 36.1 Å². The molecule has 4 saturated heterocycles. The summed E-state index contributed by atoms with van der Waals surface area (Å²) in [5, 5.41) is 27.4. The fraction of sp³-hybridized carbons (Fsp3) is 0.583. The molecule has 4 aliphatic heterocycles. The highest BCUT2D eigenvalue weighted by atomic mass is 79.9. The van der Waals surface area contributed by atoms with Gasteiger partial charge >= 0.3 is 11.4 Å². The predicted octanol–water partition coefficient (Wildman–Crippen LogP) is 3.96. The molecule has 0 aromatic carbocycles. The molecule has 8 rings (SSSR count). The van der Waals surface area contributed by atoms with Gasteiger partial charge in [0.05, 0.1) is 73.8 Å². The molecule has 27 heteroatoms. The molecule has 21 nitrogen and oxygen atoms in total. The second-order valence-corrected chi connectivity index (χ2v) is 22.6. The van der Waals surface area contributed by atoms with Gasteiger partial charge in [0.1, 0.15) is 11.6 Å². The molecule has 0 unspecified atom stereocenters. The molecule has 0 atom stereocenters. The number of hydrogen-bond donors (Lipinski definition) is 1. The van der Waals surface area contributed by atoms with Gasteiger partial charge in [-0.2, -0.15) is 8.61 Å². The maximum Gasteiger partial charge on any atom is 0.311 e. The van der Waals surface area contributed by atoms with Crippen LogP contribution in [0.25, 0.3) is 20.2 Å². The summed E-state index contributed by atoms with van der Waals surface area (Å²) in [5.74, 6) is 1.41. The van der Waals surface area contributed by atoms with Crippen LogP contribution in [0, 0.1) is 34.1 Å². The Kier molecular flexibility index (Phi) is 16.5. The number of nitrogens with one attached hydrogen (secondary N) is 1. The molecule has 63 heavy (non-hydrogen) atoms. The van der Waals surface area contributed by atoms with E-state index in [1.165, 1.54) is 32.5 Å². The first-order chi connectivity index (χ1) is 29.8. The Hall–Kier alpha value is -3.09. The van der Waals surface area contributed by atoms with Crippen LogP contribution in [0.1, 0.15) is 25.7 Å². The highest BCUT2D eigenvalue weighted by Crippen LogP contribution is 2.46. The number of carbonyl (C=O) groups excluding carboxylic acids is 1. The Morgan fingerprint density at radius 2 is 1.13 bits per heavy atom. The third-order valence-electron chi connectivity index (χ3n) is 10.9. The van der Waals surface area contributed by atoms with Crippen LogP contribution in [0.5, 0.6) is 0 Å². The van der Waals surface area contributed by atoms with Crippen molar-refractivity contribution in [3.63, 3.8) is 0 Å². The molecule has 4 aliphatic rings. The maximum atomic E-state index is 11.8. The zero-order valence-corrected chi connectivity index (χ0v) is 41.4. The van der Waals surface area contributed by atoms with Crippen molar-refractivity contribution in [1.82, 2.24) is 28.8 Å². The number of sulfonamides is 2. The summed E-state index contributed by atoms with van der Waals surface area (Å²) in [6, 6.07) is 0. The van der Waals surface area contributed by atoms with Crippen LogP contribution in [0.15, 0.2) is 9.21 Å². The van der Waals surface area contributed by atoms with Gasteiger partial charge in [-0.15, -0.1) is 22.7 Å². The number of nitrogens with zero attached hydrogens (tertiary/aromatic N) is 9. The van der Waals surface area contributed by atoms with Gasteiger partial charge in [0.25, 0.3) is 0 Å². The number of aryl methyl sites for hydroxylation is 2. The van der Waals surface area contributed by atoms with E-state index < -0.39 is 25.0 Å². The van der Waals surface area contributed by atoms with Gasteiger partial charge in [-0.1, -0.05) is 0 Å². The number of piperazine rings is 2. The van der Waals surface area contributed by atoms with Crippen molar-refractivity contribution in [2.75, 3.05) is 127 Å². The van der Waals surface area contributed by atoms with Gasteiger partial charge in [0.2, 0.25) is 20.0 Å². The fourth-order valence-corrected chi connectivity index (χ4v) is 12.8. The molecule has 4 aromatic heterocycles.